The van der Waals surface area contributed by atoms with Crippen LogP contribution >= 0.6 is 0 Å². The first-order valence-electron chi connectivity index (χ1n) is 6.75. The number of aryl methyl sites for hydroxylation is 1. The summed E-state index contributed by atoms with van der Waals surface area (Å²) < 4.78 is 7.44. The fourth-order valence-electron chi connectivity index (χ4n) is 1.90. The van der Waals surface area contributed by atoms with Gasteiger partial charge in [-0.1, -0.05) is 23.4 Å². The summed E-state index contributed by atoms with van der Waals surface area (Å²) in [4.78, 5) is 7.94. The van der Waals surface area contributed by atoms with E-state index in [1.807, 2.05) is 36.5 Å². The molecule has 2 heterocycles. The highest BCUT2D eigenvalue weighted by Crippen LogP contribution is 2.13. The molecule has 0 aliphatic carbocycles. The van der Waals surface area contributed by atoms with Crippen molar-refractivity contribution in [1.82, 2.24) is 25.0 Å². The van der Waals surface area contributed by atoms with Gasteiger partial charge in [-0.05, 0) is 12.1 Å². The van der Waals surface area contributed by atoms with Crippen LogP contribution in [0.5, 0.6) is 5.75 Å². The summed E-state index contributed by atoms with van der Waals surface area (Å²) in [7, 11) is 0. The fourth-order valence-corrected chi connectivity index (χ4v) is 1.90. The molecule has 0 unspecified atom stereocenters. The molecule has 1 aromatic carbocycles. The molecule has 0 bridgehead atoms. The number of para-hydroxylation sites is 1. The van der Waals surface area contributed by atoms with Crippen LogP contribution < -0.4 is 4.74 Å². The van der Waals surface area contributed by atoms with Gasteiger partial charge in [0, 0.05) is 30.9 Å². The van der Waals surface area contributed by atoms with Crippen LogP contribution in [0.4, 0.5) is 0 Å². The number of hydrogen-bond donors (Lipinski definition) is 0. The van der Waals surface area contributed by atoms with Crippen molar-refractivity contribution in [3.8, 4) is 17.0 Å². The maximum atomic E-state index is 5.64. The van der Waals surface area contributed by atoms with E-state index < -0.39 is 0 Å². The molecule has 6 heteroatoms. The van der Waals surface area contributed by atoms with Crippen molar-refractivity contribution in [1.29, 1.82) is 0 Å². The fraction of sp³-hybridized carbons (Fsp3) is 0.200. The van der Waals surface area contributed by atoms with Gasteiger partial charge in [0.15, 0.2) is 0 Å². The monoisotopic (exact) mass is 281 g/mol. The Kier molecular flexibility index (Phi) is 4.16. The Morgan fingerprint density at radius 2 is 1.86 bits per heavy atom. The second kappa shape index (κ2) is 6.60. The largest absolute Gasteiger partial charge is 0.494 e. The van der Waals surface area contributed by atoms with Crippen LogP contribution in [0.25, 0.3) is 11.3 Å². The second-order valence-electron chi connectivity index (χ2n) is 4.51. The highest BCUT2D eigenvalue weighted by atomic mass is 16.5. The highest BCUT2D eigenvalue weighted by molar-refractivity contribution is 5.54. The van der Waals surface area contributed by atoms with Crippen molar-refractivity contribution in [2.24, 2.45) is 0 Å². The standard InChI is InChI=1S/C15H15N5O/c1-2-5-14(6-3-1)21-8-4-7-20-11-15(18-19-20)13-9-16-12-17-10-13/h1-3,5-6,9-12H,4,7-8H2. The quantitative estimate of drug-likeness (QED) is 0.648. The van der Waals surface area contributed by atoms with Crippen LogP contribution in [0.15, 0.2) is 55.2 Å². The summed E-state index contributed by atoms with van der Waals surface area (Å²) in [5, 5.41) is 8.21. The highest BCUT2D eigenvalue weighted by Gasteiger charge is 2.04. The van der Waals surface area contributed by atoms with Gasteiger partial charge in [-0.15, -0.1) is 5.10 Å². The zero-order chi connectivity index (χ0) is 14.3. The minimum Gasteiger partial charge on any atom is -0.494 e. The van der Waals surface area contributed by atoms with E-state index in [9.17, 15) is 0 Å². The van der Waals surface area contributed by atoms with E-state index in [0.29, 0.717) is 6.61 Å². The molecular formula is C15H15N5O. The molecule has 0 N–H and O–H groups in total. The first kappa shape index (κ1) is 13.2. The Balaban J connectivity index is 1.49. The van der Waals surface area contributed by atoms with Gasteiger partial charge in [-0.3, -0.25) is 4.68 Å². The molecule has 0 fully saturated rings. The maximum Gasteiger partial charge on any atom is 0.119 e. The second-order valence-corrected chi connectivity index (χ2v) is 4.51. The Bertz CT molecular complexity index is 669. The van der Waals surface area contributed by atoms with E-state index in [2.05, 4.69) is 20.3 Å². The molecule has 0 aliphatic heterocycles. The van der Waals surface area contributed by atoms with Crippen LogP contribution in [-0.2, 0) is 6.54 Å². The predicted molar refractivity (Wildman–Crippen MR) is 77.6 cm³/mol. The van der Waals surface area contributed by atoms with Crippen LogP contribution in [0.1, 0.15) is 6.42 Å². The van der Waals surface area contributed by atoms with E-state index in [1.54, 1.807) is 17.1 Å². The molecule has 0 aliphatic rings. The lowest BCUT2D eigenvalue weighted by Crippen LogP contribution is -2.05. The van der Waals surface area contributed by atoms with Gasteiger partial charge in [-0.2, -0.15) is 0 Å². The third-order valence-corrected chi connectivity index (χ3v) is 2.94. The van der Waals surface area contributed by atoms with Crippen molar-refractivity contribution in [3.63, 3.8) is 0 Å². The van der Waals surface area contributed by atoms with E-state index in [-0.39, 0.29) is 0 Å². The minimum atomic E-state index is 0.646. The Morgan fingerprint density at radius 3 is 2.67 bits per heavy atom. The van der Waals surface area contributed by atoms with Crippen LogP contribution in [0.3, 0.4) is 0 Å². The molecule has 0 radical (unpaired) electrons. The van der Waals surface area contributed by atoms with Crippen molar-refractivity contribution < 1.29 is 4.74 Å². The number of benzene rings is 1. The Morgan fingerprint density at radius 1 is 1.05 bits per heavy atom. The number of nitrogens with zero attached hydrogens (tertiary/aromatic N) is 5. The molecule has 6 nitrogen and oxygen atoms in total. The third-order valence-electron chi connectivity index (χ3n) is 2.94. The zero-order valence-electron chi connectivity index (χ0n) is 11.5. The molecule has 3 rings (SSSR count). The predicted octanol–water partition coefficient (Wildman–Crippen LogP) is 2.20. The molecular weight excluding hydrogens is 266 g/mol. The summed E-state index contributed by atoms with van der Waals surface area (Å²) in [6.07, 6.45) is 7.69. The molecule has 3 aromatic rings. The van der Waals surface area contributed by atoms with Gasteiger partial charge in [0.25, 0.3) is 0 Å². The van der Waals surface area contributed by atoms with Gasteiger partial charge >= 0.3 is 0 Å². The zero-order valence-corrected chi connectivity index (χ0v) is 11.5. The lowest BCUT2D eigenvalue weighted by molar-refractivity contribution is 0.298. The van der Waals surface area contributed by atoms with Crippen LogP contribution in [-0.4, -0.2) is 31.6 Å². The summed E-state index contributed by atoms with van der Waals surface area (Å²) in [6, 6.07) is 9.78. The molecule has 0 saturated carbocycles. The summed E-state index contributed by atoms with van der Waals surface area (Å²) >= 11 is 0. The molecule has 2 aromatic heterocycles. The maximum absolute atomic E-state index is 5.64. The lowest BCUT2D eigenvalue weighted by atomic mass is 10.3. The van der Waals surface area contributed by atoms with E-state index >= 15 is 0 Å². The molecule has 0 atom stereocenters. The van der Waals surface area contributed by atoms with Crippen molar-refractivity contribution in [3.05, 3.63) is 55.2 Å². The van der Waals surface area contributed by atoms with E-state index in [1.165, 1.54) is 6.33 Å². The first-order valence-corrected chi connectivity index (χ1v) is 6.75. The number of ether oxygens (including phenoxy) is 1. The summed E-state index contributed by atoms with van der Waals surface area (Å²) in [6.45, 7) is 1.40. The number of hydrogen-bond acceptors (Lipinski definition) is 5. The SMILES string of the molecule is c1ccc(OCCCn2cc(-c3cncnc3)nn2)cc1. The van der Waals surface area contributed by atoms with Gasteiger partial charge in [-0.25, -0.2) is 9.97 Å². The van der Waals surface area contributed by atoms with Crippen molar-refractivity contribution in [2.45, 2.75) is 13.0 Å². The smallest absolute Gasteiger partial charge is 0.119 e. The van der Waals surface area contributed by atoms with Crippen molar-refractivity contribution >= 4 is 0 Å². The van der Waals surface area contributed by atoms with E-state index in [4.69, 9.17) is 4.74 Å². The normalized spacial score (nSPS) is 10.5. The van der Waals surface area contributed by atoms with Crippen LogP contribution in [0, 0.1) is 0 Å². The molecule has 0 amide bonds. The van der Waals surface area contributed by atoms with Gasteiger partial charge in [0.1, 0.15) is 17.8 Å². The molecule has 0 saturated heterocycles. The summed E-state index contributed by atoms with van der Waals surface area (Å²) in [5.41, 5.74) is 1.64. The van der Waals surface area contributed by atoms with Gasteiger partial charge in [0.2, 0.25) is 0 Å². The van der Waals surface area contributed by atoms with Crippen molar-refractivity contribution in [2.75, 3.05) is 6.61 Å². The molecule has 0 spiro atoms. The number of aromatic nitrogens is 5. The molecule has 106 valence electrons. The average Bonchev–Trinajstić information content (AvgIpc) is 3.02. The van der Waals surface area contributed by atoms with E-state index in [0.717, 1.165) is 30.0 Å². The first-order chi connectivity index (χ1) is 10.4. The topological polar surface area (TPSA) is 65.7 Å². The summed E-state index contributed by atoms with van der Waals surface area (Å²) in [5.74, 6) is 0.887. The number of rotatable bonds is 6. The van der Waals surface area contributed by atoms with Gasteiger partial charge in [0.05, 0.1) is 12.8 Å². The third kappa shape index (κ3) is 3.62. The van der Waals surface area contributed by atoms with Gasteiger partial charge < -0.3 is 4.74 Å². The molecule has 21 heavy (non-hydrogen) atoms. The average molecular weight is 281 g/mol. The Labute approximate surface area is 122 Å². The minimum absolute atomic E-state index is 0.646. The van der Waals surface area contributed by atoms with Crippen LogP contribution in [0.2, 0.25) is 0 Å². The lowest BCUT2D eigenvalue weighted by Gasteiger charge is -2.05. The Hall–Kier alpha value is -2.76.